The van der Waals surface area contributed by atoms with Gasteiger partial charge in [-0.1, -0.05) is 48.2 Å². The highest BCUT2D eigenvalue weighted by Gasteiger charge is 2.35. The second kappa shape index (κ2) is 8.92. The van der Waals surface area contributed by atoms with E-state index in [-0.39, 0.29) is 5.91 Å². The van der Waals surface area contributed by atoms with Crippen LogP contribution in [0.25, 0.3) is 17.0 Å². The van der Waals surface area contributed by atoms with Gasteiger partial charge in [-0.05, 0) is 62.5 Å². The van der Waals surface area contributed by atoms with Crippen molar-refractivity contribution in [3.05, 3.63) is 94.8 Å². The number of aromatic nitrogens is 2. The fourth-order valence-corrected chi connectivity index (χ4v) is 5.34. The molecule has 1 saturated heterocycles. The summed E-state index contributed by atoms with van der Waals surface area (Å²) in [6.07, 6.45) is 4.03. The number of hydrogen-bond donors (Lipinski definition) is 0. The van der Waals surface area contributed by atoms with Crippen molar-refractivity contribution in [2.45, 2.75) is 20.4 Å². The van der Waals surface area contributed by atoms with Crippen LogP contribution in [0.5, 0.6) is 5.75 Å². The van der Waals surface area contributed by atoms with Gasteiger partial charge < -0.3 is 9.30 Å². The van der Waals surface area contributed by atoms with E-state index in [2.05, 4.69) is 22.9 Å². The summed E-state index contributed by atoms with van der Waals surface area (Å²) in [6.45, 7) is 5.20. The average molecular weight is 474 g/mol. The largest absolute Gasteiger partial charge is 0.492 e. The molecule has 2 aromatic heterocycles. The summed E-state index contributed by atoms with van der Waals surface area (Å²) in [6, 6.07) is 22.0. The molecular formula is C26H23N3O2S2. The molecule has 0 N–H and O–H groups in total. The smallest absolute Gasteiger partial charge is 0.285 e. The van der Waals surface area contributed by atoms with Crippen molar-refractivity contribution in [1.82, 2.24) is 9.24 Å². The molecule has 0 radical (unpaired) electrons. The third-order valence-electron chi connectivity index (χ3n) is 5.66. The first-order valence-corrected chi connectivity index (χ1v) is 11.9. The number of amides is 1. The molecule has 5 nitrogen and oxygen atoms in total. The van der Waals surface area contributed by atoms with Crippen LogP contribution in [0.15, 0.2) is 77.8 Å². The Morgan fingerprint density at radius 2 is 1.67 bits per heavy atom. The Morgan fingerprint density at radius 1 is 0.970 bits per heavy atom. The number of aryl methyl sites for hydroxylation is 2. The van der Waals surface area contributed by atoms with E-state index in [0.29, 0.717) is 22.4 Å². The molecule has 5 rings (SSSR count). The fourth-order valence-electron chi connectivity index (χ4n) is 4.10. The summed E-state index contributed by atoms with van der Waals surface area (Å²) in [4.78, 5) is 13.9. The number of para-hydroxylation sites is 2. The Bertz CT molecular complexity index is 1370. The highest BCUT2D eigenvalue weighted by Crippen LogP contribution is 2.34. The predicted octanol–water partition coefficient (Wildman–Crippen LogP) is 5.68. The van der Waals surface area contributed by atoms with Crippen molar-refractivity contribution in [2.75, 3.05) is 11.6 Å². The van der Waals surface area contributed by atoms with Crippen molar-refractivity contribution < 1.29 is 9.53 Å². The van der Waals surface area contributed by atoms with E-state index in [1.807, 2.05) is 79.2 Å². The van der Waals surface area contributed by atoms with E-state index in [4.69, 9.17) is 17.0 Å². The maximum Gasteiger partial charge on any atom is 0.285 e. The van der Waals surface area contributed by atoms with Gasteiger partial charge in [0.25, 0.3) is 5.91 Å². The Labute approximate surface area is 202 Å². The minimum absolute atomic E-state index is 0.100. The van der Waals surface area contributed by atoms with Crippen LogP contribution >= 0.6 is 24.0 Å². The van der Waals surface area contributed by atoms with E-state index >= 15 is 0 Å². The molecule has 2 aromatic carbocycles. The molecule has 0 spiro atoms. The average Bonchev–Trinajstić information content (AvgIpc) is 3.43. The molecule has 7 heteroatoms. The molecule has 1 amide bonds. The Balaban J connectivity index is 1.43. The van der Waals surface area contributed by atoms with Crippen molar-refractivity contribution in [3.63, 3.8) is 0 Å². The molecular weight excluding hydrogens is 450 g/mol. The number of thiocarbonyl (C=S) groups is 1. The predicted molar refractivity (Wildman–Crippen MR) is 139 cm³/mol. The number of fused-ring (bicyclic) bond motifs is 1. The number of ether oxygens (including phenoxy) is 1. The molecule has 4 aromatic rings. The first kappa shape index (κ1) is 21.6. The Morgan fingerprint density at radius 3 is 2.42 bits per heavy atom. The lowest BCUT2D eigenvalue weighted by Gasteiger charge is -2.20. The molecule has 166 valence electrons. The number of hydrogen-bond acceptors (Lipinski definition) is 4. The van der Waals surface area contributed by atoms with Gasteiger partial charge in [0.1, 0.15) is 12.4 Å². The monoisotopic (exact) mass is 473 g/mol. The SMILES string of the molecule is Cc1ccc(C)n1N1C(=O)/C(=C/c2cn(CCOc3ccccc3)c3ccccc23)SC1=S. The highest BCUT2D eigenvalue weighted by molar-refractivity contribution is 8.27. The first-order chi connectivity index (χ1) is 16.0. The number of benzene rings is 2. The van der Waals surface area contributed by atoms with Crippen LogP contribution in [0.1, 0.15) is 17.0 Å². The second-order valence-corrected chi connectivity index (χ2v) is 9.55. The third kappa shape index (κ3) is 4.10. The summed E-state index contributed by atoms with van der Waals surface area (Å²) in [7, 11) is 0. The number of rotatable bonds is 6. The lowest BCUT2D eigenvalue weighted by Crippen LogP contribution is -2.39. The van der Waals surface area contributed by atoms with E-state index in [1.54, 1.807) is 5.01 Å². The lowest BCUT2D eigenvalue weighted by atomic mass is 10.1. The molecule has 0 unspecified atom stereocenters. The van der Waals surface area contributed by atoms with Crippen molar-refractivity contribution in [3.8, 4) is 5.75 Å². The van der Waals surface area contributed by atoms with E-state index in [9.17, 15) is 4.79 Å². The van der Waals surface area contributed by atoms with Gasteiger partial charge in [0.2, 0.25) is 0 Å². The van der Waals surface area contributed by atoms with Gasteiger partial charge in [0.15, 0.2) is 4.32 Å². The van der Waals surface area contributed by atoms with Gasteiger partial charge in [0, 0.05) is 34.1 Å². The van der Waals surface area contributed by atoms with Crippen LogP contribution in [0.4, 0.5) is 0 Å². The maximum absolute atomic E-state index is 13.3. The molecule has 0 saturated carbocycles. The number of carbonyl (C=O) groups excluding carboxylic acids is 1. The van der Waals surface area contributed by atoms with Crippen LogP contribution in [-0.2, 0) is 11.3 Å². The van der Waals surface area contributed by atoms with Gasteiger partial charge in [-0.2, -0.15) is 5.01 Å². The van der Waals surface area contributed by atoms with E-state index < -0.39 is 0 Å². The van der Waals surface area contributed by atoms with Crippen LogP contribution in [0, 0.1) is 13.8 Å². The fraction of sp³-hybridized carbons (Fsp3) is 0.154. The van der Waals surface area contributed by atoms with Crippen molar-refractivity contribution in [1.29, 1.82) is 0 Å². The molecule has 33 heavy (non-hydrogen) atoms. The lowest BCUT2D eigenvalue weighted by molar-refractivity contribution is -0.114. The van der Waals surface area contributed by atoms with E-state index in [0.717, 1.165) is 33.6 Å². The first-order valence-electron chi connectivity index (χ1n) is 10.7. The second-order valence-electron chi connectivity index (χ2n) is 7.88. The van der Waals surface area contributed by atoms with Crippen LogP contribution in [0.3, 0.4) is 0 Å². The normalized spacial score (nSPS) is 15.2. The zero-order chi connectivity index (χ0) is 22.9. The number of thioether (sulfide) groups is 1. The summed E-state index contributed by atoms with van der Waals surface area (Å²) in [5.74, 6) is 0.755. The van der Waals surface area contributed by atoms with Crippen LogP contribution in [0.2, 0.25) is 0 Å². The Kier molecular flexibility index (Phi) is 5.83. The minimum atomic E-state index is -0.100. The van der Waals surface area contributed by atoms with E-state index in [1.165, 1.54) is 11.8 Å². The number of carbonyl (C=O) groups is 1. The van der Waals surface area contributed by atoms with Gasteiger partial charge >= 0.3 is 0 Å². The Hall–Kier alpha value is -3.29. The molecule has 1 fully saturated rings. The van der Waals surface area contributed by atoms with Crippen molar-refractivity contribution >= 4 is 51.2 Å². The molecule has 3 heterocycles. The summed E-state index contributed by atoms with van der Waals surface area (Å²) in [5, 5.41) is 2.68. The minimum Gasteiger partial charge on any atom is -0.492 e. The number of nitrogens with zero attached hydrogens (tertiary/aromatic N) is 3. The van der Waals surface area contributed by atoms with Crippen LogP contribution in [-0.4, -0.2) is 26.1 Å². The molecule has 0 aliphatic carbocycles. The summed E-state index contributed by atoms with van der Waals surface area (Å²) >= 11 is 6.91. The third-order valence-corrected chi connectivity index (χ3v) is 6.94. The summed E-state index contributed by atoms with van der Waals surface area (Å²) in [5.41, 5.74) is 4.04. The highest BCUT2D eigenvalue weighted by atomic mass is 32.2. The molecule has 1 aliphatic rings. The van der Waals surface area contributed by atoms with Gasteiger partial charge in [-0.3, -0.25) is 9.47 Å². The maximum atomic E-state index is 13.3. The summed E-state index contributed by atoms with van der Waals surface area (Å²) < 4.78 is 10.5. The van der Waals surface area contributed by atoms with Gasteiger partial charge in [0.05, 0.1) is 11.4 Å². The van der Waals surface area contributed by atoms with Crippen molar-refractivity contribution in [2.24, 2.45) is 0 Å². The standard InChI is InChI=1S/C26H23N3O2S2/c1-18-12-13-19(2)28(18)29-25(30)24(33-26(29)32)16-20-17-27(23-11-7-6-10-22(20)23)14-15-31-21-8-4-3-5-9-21/h3-13,16-17H,14-15H2,1-2H3/b24-16-. The molecule has 0 atom stereocenters. The zero-order valence-electron chi connectivity index (χ0n) is 18.4. The topological polar surface area (TPSA) is 39.4 Å². The zero-order valence-corrected chi connectivity index (χ0v) is 20.0. The van der Waals surface area contributed by atoms with Crippen LogP contribution < -0.4 is 9.75 Å². The molecule has 0 bridgehead atoms. The van der Waals surface area contributed by atoms with Gasteiger partial charge in [-0.25, -0.2) is 0 Å². The quantitative estimate of drug-likeness (QED) is 0.267. The van der Waals surface area contributed by atoms with Gasteiger partial charge in [-0.15, -0.1) is 0 Å². The molecule has 1 aliphatic heterocycles.